The first-order valence-electron chi connectivity index (χ1n) is 11.0. The molecule has 0 saturated heterocycles. The third-order valence-electron chi connectivity index (χ3n) is 5.65. The molecule has 0 aliphatic rings. The number of aryl methyl sites for hydroxylation is 3. The van der Waals surface area contributed by atoms with Gasteiger partial charge in [0.2, 0.25) is 5.91 Å². The highest BCUT2D eigenvalue weighted by Crippen LogP contribution is 2.17. The molecule has 0 aliphatic heterocycles. The maximum atomic E-state index is 13.4. The first-order chi connectivity index (χ1) is 16.3. The number of aromatic nitrogens is 3. The lowest BCUT2D eigenvalue weighted by molar-refractivity contribution is -0.121. The molecule has 174 valence electrons. The molecule has 0 aliphatic carbocycles. The van der Waals surface area contributed by atoms with Gasteiger partial charge in [-0.3, -0.25) is 9.59 Å². The number of hydrogen-bond acceptors (Lipinski definition) is 4. The summed E-state index contributed by atoms with van der Waals surface area (Å²) in [6.45, 7) is 6.20. The van der Waals surface area contributed by atoms with Gasteiger partial charge >= 0.3 is 0 Å². The number of hydrogen-bond donors (Lipinski definition) is 2. The van der Waals surface area contributed by atoms with Gasteiger partial charge in [0.25, 0.3) is 5.91 Å². The Balaban J connectivity index is 1.34. The van der Waals surface area contributed by atoms with Crippen molar-refractivity contribution >= 4 is 23.1 Å². The zero-order chi connectivity index (χ0) is 24.2. The Bertz CT molecular complexity index is 1380. The molecule has 8 heteroatoms. The second-order valence-corrected chi connectivity index (χ2v) is 8.26. The lowest BCUT2D eigenvalue weighted by Crippen LogP contribution is -2.23. The largest absolute Gasteiger partial charge is 0.352 e. The summed E-state index contributed by atoms with van der Waals surface area (Å²) in [6, 6.07) is 14.6. The van der Waals surface area contributed by atoms with Crippen LogP contribution in [0.4, 0.5) is 10.1 Å². The van der Waals surface area contributed by atoms with Gasteiger partial charge in [-0.2, -0.15) is 5.10 Å². The van der Waals surface area contributed by atoms with Gasteiger partial charge in [0.15, 0.2) is 5.65 Å². The summed E-state index contributed by atoms with van der Waals surface area (Å²) in [5.41, 5.74) is 6.28. The van der Waals surface area contributed by atoms with Crippen molar-refractivity contribution in [2.24, 2.45) is 0 Å². The van der Waals surface area contributed by atoms with E-state index in [9.17, 15) is 14.0 Å². The van der Waals surface area contributed by atoms with Crippen molar-refractivity contribution in [3.63, 3.8) is 0 Å². The summed E-state index contributed by atoms with van der Waals surface area (Å²) in [7, 11) is 0. The molecule has 0 bridgehead atoms. The molecule has 2 aromatic heterocycles. The normalized spacial score (nSPS) is 10.9. The first-order valence-corrected chi connectivity index (χ1v) is 11.0. The Hall–Kier alpha value is -4.07. The molecular weight excluding hydrogens is 433 g/mol. The van der Waals surface area contributed by atoms with Gasteiger partial charge < -0.3 is 10.6 Å². The standard InChI is InChI=1S/C26H26FN5O2/c1-16-12-24-29-17(2)23(18(3)32(24)31-16)10-11-25(33)28-15-19-6-4-9-22(13-19)30-26(34)20-7-5-8-21(27)14-20/h4-9,12-14H,10-11,15H2,1-3H3,(H,28,33)(H,30,34). The number of carbonyl (C=O) groups is 2. The number of carbonyl (C=O) groups excluding carboxylic acids is 2. The molecular formula is C26H26FN5O2. The quantitative estimate of drug-likeness (QED) is 0.431. The monoisotopic (exact) mass is 459 g/mol. The number of benzene rings is 2. The zero-order valence-electron chi connectivity index (χ0n) is 19.4. The predicted octanol–water partition coefficient (Wildman–Crippen LogP) is 4.29. The topological polar surface area (TPSA) is 88.4 Å². The molecule has 2 heterocycles. The molecule has 2 N–H and O–H groups in total. The highest BCUT2D eigenvalue weighted by Gasteiger charge is 2.13. The van der Waals surface area contributed by atoms with Gasteiger partial charge in [0, 0.05) is 41.7 Å². The van der Waals surface area contributed by atoms with E-state index in [0.29, 0.717) is 25.1 Å². The van der Waals surface area contributed by atoms with E-state index < -0.39 is 11.7 Å². The fourth-order valence-electron chi connectivity index (χ4n) is 3.92. The lowest BCUT2D eigenvalue weighted by Gasteiger charge is -2.12. The van der Waals surface area contributed by atoms with Crippen LogP contribution in [0.1, 0.15) is 45.0 Å². The summed E-state index contributed by atoms with van der Waals surface area (Å²) in [5.74, 6) is -0.945. The number of fused-ring (bicyclic) bond motifs is 1. The molecule has 0 unspecified atom stereocenters. The predicted molar refractivity (Wildman–Crippen MR) is 128 cm³/mol. The number of nitrogens with zero attached hydrogens (tertiary/aromatic N) is 3. The van der Waals surface area contributed by atoms with Gasteiger partial charge in [0.1, 0.15) is 5.82 Å². The van der Waals surface area contributed by atoms with E-state index in [2.05, 4.69) is 20.7 Å². The number of anilines is 1. The second-order valence-electron chi connectivity index (χ2n) is 8.26. The van der Waals surface area contributed by atoms with Crippen LogP contribution >= 0.6 is 0 Å². The van der Waals surface area contributed by atoms with Gasteiger partial charge in [-0.1, -0.05) is 18.2 Å². The van der Waals surface area contributed by atoms with Crippen molar-refractivity contribution in [2.45, 2.75) is 40.2 Å². The molecule has 4 rings (SSSR count). The second kappa shape index (κ2) is 9.82. The fourth-order valence-corrected chi connectivity index (χ4v) is 3.92. The van der Waals surface area contributed by atoms with Crippen LogP contribution in [0, 0.1) is 26.6 Å². The number of nitrogens with one attached hydrogen (secondary N) is 2. The maximum absolute atomic E-state index is 13.4. The van der Waals surface area contributed by atoms with E-state index in [-0.39, 0.29) is 11.5 Å². The molecule has 0 saturated carbocycles. The number of halogens is 1. The van der Waals surface area contributed by atoms with Crippen LogP contribution < -0.4 is 10.6 Å². The van der Waals surface area contributed by atoms with Gasteiger partial charge in [0.05, 0.1) is 5.69 Å². The number of amides is 2. The summed E-state index contributed by atoms with van der Waals surface area (Å²) in [4.78, 5) is 29.4. The first kappa shape index (κ1) is 23.1. The third-order valence-corrected chi connectivity index (χ3v) is 5.65. The zero-order valence-corrected chi connectivity index (χ0v) is 19.4. The summed E-state index contributed by atoms with van der Waals surface area (Å²) in [6.07, 6.45) is 0.889. The minimum atomic E-state index is -0.468. The van der Waals surface area contributed by atoms with Crippen molar-refractivity contribution in [3.05, 3.63) is 94.2 Å². The van der Waals surface area contributed by atoms with E-state index in [1.807, 2.05) is 37.4 Å². The van der Waals surface area contributed by atoms with Crippen molar-refractivity contribution < 1.29 is 14.0 Å². The Morgan fingerprint density at radius 2 is 1.82 bits per heavy atom. The highest BCUT2D eigenvalue weighted by atomic mass is 19.1. The van der Waals surface area contributed by atoms with Crippen molar-refractivity contribution in [1.82, 2.24) is 19.9 Å². The molecule has 0 atom stereocenters. The smallest absolute Gasteiger partial charge is 0.255 e. The van der Waals surface area contributed by atoms with Crippen molar-refractivity contribution in [1.29, 1.82) is 0 Å². The fraction of sp³-hybridized carbons (Fsp3) is 0.231. The molecule has 0 fully saturated rings. The van der Waals surface area contributed by atoms with E-state index in [0.717, 1.165) is 33.9 Å². The molecule has 2 aromatic carbocycles. The Morgan fingerprint density at radius 1 is 1.03 bits per heavy atom. The third kappa shape index (κ3) is 5.28. The molecule has 7 nitrogen and oxygen atoms in total. The molecule has 34 heavy (non-hydrogen) atoms. The Morgan fingerprint density at radius 3 is 2.62 bits per heavy atom. The van der Waals surface area contributed by atoms with Crippen molar-refractivity contribution in [2.75, 3.05) is 5.32 Å². The van der Waals surface area contributed by atoms with E-state index in [1.54, 1.807) is 24.3 Å². The minimum absolute atomic E-state index is 0.0789. The molecule has 0 radical (unpaired) electrons. The summed E-state index contributed by atoms with van der Waals surface area (Å²) in [5, 5.41) is 10.2. The maximum Gasteiger partial charge on any atom is 0.255 e. The van der Waals surface area contributed by atoms with E-state index in [1.165, 1.54) is 18.2 Å². The van der Waals surface area contributed by atoms with E-state index >= 15 is 0 Å². The molecule has 4 aromatic rings. The number of rotatable bonds is 7. The molecule has 2 amide bonds. The highest BCUT2D eigenvalue weighted by molar-refractivity contribution is 6.04. The average Bonchev–Trinajstić information content (AvgIpc) is 3.18. The van der Waals surface area contributed by atoms with Crippen LogP contribution in [-0.2, 0) is 17.8 Å². The van der Waals surface area contributed by atoms with Crippen molar-refractivity contribution in [3.8, 4) is 0 Å². The average molecular weight is 460 g/mol. The summed E-state index contributed by atoms with van der Waals surface area (Å²) >= 11 is 0. The Kier molecular flexibility index (Phi) is 6.67. The van der Waals surface area contributed by atoms with Gasteiger partial charge in [-0.25, -0.2) is 13.9 Å². The Labute approximate surface area is 197 Å². The van der Waals surface area contributed by atoms with E-state index in [4.69, 9.17) is 0 Å². The molecule has 0 spiro atoms. The lowest BCUT2D eigenvalue weighted by atomic mass is 10.1. The van der Waals surface area contributed by atoms with Crippen LogP contribution in [0.2, 0.25) is 0 Å². The van der Waals surface area contributed by atoms with Crippen LogP contribution in [-0.4, -0.2) is 26.4 Å². The SMILES string of the molecule is Cc1cc2nc(C)c(CCC(=O)NCc3cccc(NC(=O)c4cccc(F)c4)c3)c(C)n2n1. The van der Waals surface area contributed by atoms with Crippen LogP contribution in [0.15, 0.2) is 54.6 Å². The van der Waals surface area contributed by atoms with Crippen LogP contribution in [0.5, 0.6) is 0 Å². The van der Waals surface area contributed by atoms with Gasteiger partial charge in [-0.15, -0.1) is 0 Å². The van der Waals surface area contributed by atoms with Crippen LogP contribution in [0.3, 0.4) is 0 Å². The van der Waals surface area contributed by atoms with Gasteiger partial charge in [-0.05, 0) is 68.7 Å². The minimum Gasteiger partial charge on any atom is -0.352 e. The van der Waals surface area contributed by atoms with Crippen LogP contribution in [0.25, 0.3) is 5.65 Å². The summed E-state index contributed by atoms with van der Waals surface area (Å²) < 4.78 is 15.2.